The summed E-state index contributed by atoms with van der Waals surface area (Å²) in [4.78, 5) is 13.3. The highest BCUT2D eigenvalue weighted by atomic mass is 28.4. The second-order valence-corrected chi connectivity index (χ2v) is 15.4. The minimum Gasteiger partial charge on any atom is -0.452 e. The lowest BCUT2D eigenvalue weighted by molar-refractivity contribution is -0.182. The fourth-order valence-electron chi connectivity index (χ4n) is 5.53. The third-order valence-corrected chi connectivity index (χ3v) is 12.7. The molecule has 1 aliphatic carbocycles. The van der Waals surface area contributed by atoms with Crippen LogP contribution in [0.5, 0.6) is 0 Å². The number of carbonyl (C=O) groups is 1. The van der Waals surface area contributed by atoms with Gasteiger partial charge >= 0.3 is 12.1 Å². The van der Waals surface area contributed by atoms with Crippen LogP contribution in [0.3, 0.4) is 0 Å². The van der Waals surface area contributed by atoms with Gasteiger partial charge in [-0.05, 0) is 52.7 Å². The first-order valence-electron chi connectivity index (χ1n) is 13.2. The molecule has 0 spiro atoms. The van der Waals surface area contributed by atoms with Crippen LogP contribution in [0, 0.1) is 0 Å². The van der Waals surface area contributed by atoms with Crippen molar-refractivity contribution in [3.63, 3.8) is 0 Å². The molecule has 0 radical (unpaired) electrons. The number of hydrogen-bond acceptors (Lipinski definition) is 3. The number of carbonyl (C=O) groups excluding carboxylic acids is 1. The standard InChI is InChI=1S/C32H35F3O3Si/c1-24(28(25-15-8-5-9-16-25)29(36)37-23-32(33,34)35)31(21-14-22-31)38-39(30(2,3)4,26-17-10-6-11-18-26)27-19-12-7-13-20-27/h5-13,15-20H,14,21-23H2,1-4H3/b28-24+. The summed E-state index contributed by atoms with van der Waals surface area (Å²) in [5.41, 5.74) is 0.435. The van der Waals surface area contributed by atoms with Crippen molar-refractivity contribution in [2.24, 2.45) is 0 Å². The quantitative estimate of drug-likeness (QED) is 0.170. The van der Waals surface area contributed by atoms with Gasteiger partial charge in [-0.2, -0.15) is 13.2 Å². The van der Waals surface area contributed by atoms with E-state index in [0.29, 0.717) is 24.0 Å². The predicted octanol–water partition coefficient (Wildman–Crippen LogP) is 7.06. The third kappa shape index (κ3) is 5.89. The number of alkyl halides is 3. The molecule has 4 rings (SSSR count). The van der Waals surface area contributed by atoms with Crippen LogP contribution in [-0.2, 0) is 14.0 Å². The maximum absolute atomic E-state index is 13.3. The first-order chi connectivity index (χ1) is 18.4. The Balaban J connectivity index is 1.92. The summed E-state index contributed by atoms with van der Waals surface area (Å²) in [6, 6.07) is 29.2. The Hall–Kier alpha value is -3.16. The van der Waals surface area contributed by atoms with E-state index in [0.717, 1.165) is 16.8 Å². The Bertz CT molecular complexity index is 1250. The molecule has 0 bridgehead atoms. The number of halogens is 3. The van der Waals surface area contributed by atoms with E-state index in [1.54, 1.807) is 30.3 Å². The highest BCUT2D eigenvalue weighted by Crippen LogP contribution is 2.50. The van der Waals surface area contributed by atoms with Crippen LogP contribution < -0.4 is 10.4 Å². The van der Waals surface area contributed by atoms with Gasteiger partial charge in [0, 0.05) is 0 Å². The van der Waals surface area contributed by atoms with Crippen molar-refractivity contribution in [2.75, 3.05) is 6.61 Å². The second kappa shape index (κ2) is 11.1. The molecule has 39 heavy (non-hydrogen) atoms. The number of ether oxygens (including phenoxy) is 1. The Morgan fingerprint density at radius 3 is 1.67 bits per heavy atom. The average molecular weight is 553 g/mol. The van der Waals surface area contributed by atoms with Gasteiger partial charge in [-0.15, -0.1) is 0 Å². The van der Waals surface area contributed by atoms with E-state index >= 15 is 0 Å². The Morgan fingerprint density at radius 1 is 0.821 bits per heavy atom. The van der Waals surface area contributed by atoms with E-state index in [1.165, 1.54) is 0 Å². The molecule has 0 amide bonds. The SMILES string of the molecule is C/C(=C(\C(=O)OCC(F)(F)F)c1ccccc1)C1(O[Si](c2ccccc2)(c2ccccc2)C(C)(C)C)CCC1. The van der Waals surface area contributed by atoms with Crippen molar-refractivity contribution in [3.8, 4) is 0 Å². The summed E-state index contributed by atoms with van der Waals surface area (Å²) >= 11 is 0. The molecule has 0 saturated heterocycles. The maximum atomic E-state index is 13.3. The molecule has 206 valence electrons. The largest absolute Gasteiger partial charge is 0.452 e. The summed E-state index contributed by atoms with van der Waals surface area (Å²) < 4.78 is 51.4. The van der Waals surface area contributed by atoms with Crippen LogP contribution in [-0.4, -0.2) is 32.7 Å². The van der Waals surface area contributed by atoms with Crippen molar-refractivity contribution in [3.05, 3.63) is 102 Å². The van der Waals surface area contributed by atoms with Crippen LogP contribution in [0.25, 0.3) is 5.57 Å². The van der Waals surface area contributed by atoms with E-state index in [-0.39, 0.29) is 10.6 Å². The van der Waals surface area contributed by atoms with Crippen molar-refractivity contribution in [1.82, 2.24) is 0 Å². The van der Waals surface area contributed by atoms with E-state index in [2.05, 4.69) is 45.0 Å². The van der Waals surface area contributed by atoms with Crippen LogP contribution in [0.15, 0.2) is 96.6 Å². The van der Waals surface area contributed by atoms with Crippen molar-refractivity contribution < 1.29 is 27.1 Å². The van der Waals surface area contributed by atoms with Gasteiger partial charge in [-0.25, -0.2) is 4.79 Å². The zero-order valence-corrected chi connectivity index (χ0v) is 23.8. The summed E-state index contributed by atoms with van der Waals surface area (Å²) in [6.07, 6.45) is -2.42. The van der Waals surface area contributed by atoms with Gasteiger partial charge in [-0.1, -0.05) is 112 Å². The Labute approximate surface area is 229 Å². The average Bonchev–Trinajstić information content (AvgIpc) is 2.88. The second-order valence-electron chi connectivity index (χ2n) is 11.2. The molecule has 3 aromatic rings. The number of hydrogen-bond donors (Lipinski definition) is 0. The normalized spacial score (nSPS) is 16.2. The van der Waals surface area contributed by atoms with Gasteiger partial charge in [0.25, 0.3) is 8.32 Å². The van der Waals surface area contributed by atoms with Crippen molar-refractivity contribution in [2.45, 2.75) is 63.8 Å². The summed E-state index contributed by atoms with van der Waals surface area (Å²) in [7, 11) is -3.01. The zero-order chi connectivity index (χ0) is 28.3. The minimum absolute atomic E-state index is 0.137. The lowest BCUT2D eigenvalue weighted by Gasteiger charge is -2.54. The molecule has 0 N–H and O–H groups in total. The van der Waals surface area contributed by atoms with Crippen molar-refractivity contribution in [1.29, 1.82) is 0 Å². The lowest BCUT2D eigenvalue weighted by atomic mass is 9.73. The highest BCUT2D eigenvalue weighted by Gasteiger charge is 2.57. The Morgan fingerprint density at radius 2 is 1.28 bits per heavy atom. The Kier molecular flexibility index (Phi) is 8.24. The van der Waals surface area contributed by atoms with Gasteiger partial charge in [-0.3, -0.25) is 0 Å². The third-order valence-electron chi connectivity index (χ3n) is 7.62. The summed E-state index contributed by atoms with van der Waals surface area (Å²) in [5, 5.41) is 1.90. The molecular weight excluding hydrogens is 517 g/mol. The zero-order valence-electron chi connectivity index (χ0n) is 22.8. The van der Waals surface area contributed by atoms with Crippen LogP contribution in [0.2, 0.25) is 5.04 Å². The molecule has 0 aliphatic heterocycles. The first kappa shape index (κ1) is 28.8. The van der Waals surface area contributed by atoms with E-state index in [1.807, 2.05) is 43.3 Å². The van der Waals surface area contributed by atoms with E-state index < -0.39 is 32.7 Å². The molecule has 0 heterocycles. The molecule has 7 heteroatoms. The van der Waals surface area contributed by atoms with Gasteiger partial charge < -0.3 is 9.16 Å². The molecular formula is C32H35F3O3Si. The summed E-state index contributed by atoms with van der Waals surface area (Å²) in [6.45, 7) is 6.72. The molecule has 1 fully saturated rings. The van der Waals surface area contributed by atoms with E-state index in [9.17, 15) is 18.0 Å². The van der Waals surface area contributed by atoms with Gasteiger partial charge in [0.2, 0.25) is 0 Å². The van der Waals surface area contributed by atoms with Gasteiger partial charge in [0.1, 0.15) is 0 Å². The topological polar surface area (TPSA) is 35.5 Å². The molecule has 1 saturated carbocycles. The van der Waals surface area contributed by atoms with Crippen molar-refractivity contribution >= 4 is 30.2 Å². The number of esters is 1. The predicted molar refractivity (Wildman–Crippen MR) is 151 cm³/mol. The van der Waals surface area contributed by atoms with Gasteiger partial charge in [0.15, 0.2) is 6.61 Å². The fourth-order valence-corrected chi connectivity index (χ4v) is 10.4. The lowest BCUT2D eigenvalue weighted by Crippen LogP contribution is -2.70. The number of rotatable bonds is 8. The van der Waals surface area contributed by atoms with Crippen LogP contribution in [0.1, 0.15) is 52.5 Å². The van der Waals surface area contributed by atoms with Crippen LogP contribution >= 0.6 is 0 Å². The summed E-state index contributed by atoms with van der Waals surface area (Å²) in [5.74, 6) is -0.992. The minimum atomic E-state index is -4.62. The monoisotopic (exact) mass is 552 g/mol. The smallest absolute Gasteiger partial charge is 0.422 e. The molecule has 1 aliphatic rings. The maximum Gasteiger partial charge on any atom is 0.422 e. The molecule has 0 unspecified atom stereocenters. The first-order valence-corrected chi connectivity index (χ1v) is 15.1. The van der Waals surface area contributed by atoms with Gasteiger partial charge in [0.05, 0.1) is 11.2 Å². The van der Waals surface area contributed by atoms with Crippen LogP contribution in [0.4, 0.5) is 13.2 Å². The van der Waals surface area contributed by atoms with E-state index in [4.69, 9.17) is 9.16 Å². The number of benzene rings is 3. The molecule has 0 atom stereocenters. The fraction of sp³-hybridized carbons (Fsp3) is 0.344. The molecule has 3 nitrogen and oxygen atoms in total. The highest BCUT2D eigenvalue weighted by molar-refractivity contribution is 6.99. The molecule has 3 aromatic carbocycles. The molecule has 0 aromatic heterocycles.